The van der Waals surface area contributed by atoms with Crippen molar-refractivity contribution in [1.29, 1.82) is 0 Å². The minimum Gasteiger partial charge on any atom is -0.489 e. The minimum atomic E-state index is -0.531. The maximum absolute atomic E-state index is 12.3. The van der Waals surface area contributed by atoms with Crippen LogP contribution in [0, 0.1) is 0 Å². The summed E-state index contributed by atoms with van der Waals surface area (Å²) in [4.78, 5) is 18.0. The molecule has 0 spiro atoms. The van der Waals surface area contributed by atoms with Crippen molar-refractivity contribution in [1.82, 2.24) is 9.88 Å². The molecule has 0 saturated carbocycles. The van der Waals surface area contributed by atoms with Crippen molar-refractivity contribution in [2.45, 2.75) is 39.0 Å². The van der Waals surface area contributed by atoms with Gasteiger partial charge in [-0.25, -0.2) is 4.79 Å². The lowest BCUT2D eigenvalue weighted by molar-refractivity contribution is -0.0419. The molecule has 0 aromatic carbocycles. The van der Waals surface area contributed by atoms with Gasteiger partial charge >= 0.3 is 6.09 Å². The van der Waals surface area contributed by atoms with E-state index in [-0.39, 0.29) is 12.1 Å². The van der Waals surface area contributed by atoms with Crippen molar-refractivity contribution >= 4 is 6.09 Å². The Hall–Kier alpha value is -1.86. The van der Waals surface area contributed by atoms with Crippen LogP contribution >= 0.6 is 0 Å². The second-order valence-electron chi connectivity index (χ2n) is 6.40. The maximum Gasteiger partial charge on any atom is 0.410 e. The van der Waals surface area contributed by atoms with Crippen LogP contribution in [-0.4, -0.2) is 54.0 Å². The molecule has 1 fully saturated rings. The van der Waals surface area contributed by atoms with Crippen molar-refractivity contribution in [3.05, 3.63) is 24.0 Å². The van der Waals surface area contributed by atoms with Crippen molar-refractivity contribution in [2.24, 2.45) is 5.73 Å². The fourth-order valence-electron chi connectivity index (χ4n) is 2.25. The zero-order valence-corrected chi connectivity index (χ0v) is 13.9. The lowest BCUT2D eigenvalue weighted by Crippen LogP contribution is -2.52. The largest absolute Gasteiger partial charge is 0.489 e. The molecule has 1 aromatic heterocycles. The predicted molar refractivity (Wildman–Crippen MR) is 85.2 cm³/mol. The van der Waals surface area contributed by atoms with Crippen LogP contribution in [0.5, 0.6) is 5.75 Å². The smallest absolute Gasteiger partial charge is 0.410 e. The van der Waals surface area contributed by atoms with Crippen LogP contribution in [0.2, 0.25) is 0 Å². The number of amides is 1. The number of hydrogen-bond donors (Lipinski definition) is 1. The molecule has 1 aliphatic rings. The van der Waals surface area contributed by atoms with Gasteiger partial charge in [-0.05, 0) is 26.8 Å². The molecule has 1 atom stereocenters. The average Bonchev–Trinajstić information content (AvgIpc) is 2.51. The van der Waals surface area contributed by atoms with Gasteiger partial charge in [0.15, 0.2) is 0 Å². The number of nitrogens with zero attached hydrogens (tertiary/aromatic N) is 2. The van der Waals surface area contributed by atoms with E-state index in [1.165, 1.54) is 0 Å². The van der Waals surface area contributed by atoms with E-state index >= 15 is 0 Å². The Kier molecular flexibility index (Phi) is 5.79. The third kappa shape index (κ3) is 5.07. The predicted octanol–water partition coefficient (Wildman–Crippen LogP) is 1.55. The van der Waals surface area contributed by atoms with Crippen molar-refractivity contribution < 1.29 is 19.0 Å². The van der Waals surface area contributed by atoms with Crippen LogP contribution in [0.15, 0.2) is 18.5 Å². The van der Waals surface area contributed by atoms with Crippen LogP contribution < -0.4 is 10.5 Å². The Bertz CT molecular complexity index is 530. The minimum absolute atomic E-state index is 0.204. The number of rotatable bonds is 4. The third-order valence-corrected chi connectivity index (χ3v) is 3.38. The average molecular weight is 323 g/mol. The lowest BCUT2D eigenvalue weighted by atomic mass is 10.2. The van der Waals surface area contributed by atoms with Gasteiger partial charge in [-0.3, -0.25) is 9.88 Å². The zero-order chi connectivity index (χ0) is 16.9. The first-order valence-electron chi connectivity index (χ1n) is 7.74. The Morgan fingerprint density at radius 3 is 3.00 bits per heavy atom. The molecular formula is C16H25N3O4. The van der Waals surface area contributed by atoms with Gasteiger partial charge < -0.3 is 19.9 Å². The van der Waals surface area contributed by atoms with Crippen molar-refractivity contribution in [3.63, 3.8) is 0 Å². The van der Waals surface area contributed by atoms with Gasteiger partial charge in [-0.2, -0.15) is 0 Å². The lowest BCUT2D eigenvalue weighted by Gasteiger charge is -2.36. The highest BCUT2D eigenvalue weighted by Crippen LogP contribution is 2.19. The molecule has 2 rings (SSSR count). The number of carbonyl (C=O) groups is 1. The molecule has 128 valence electrons. The molecule has 2 heterocycles. The summed E-state index contributed by atoms with van der Waals surface area (Å²) in [5.74, 6) is 0.629. The maximum atomic E-state index is 12.3. The Morgan fingerprint density at radius 1 is 1.52 bits per heavy atom. The Morgan fingerprint density at radius 2 is 2.30 bits per heavy atom. The first kappa shape index (κ1) is 17.5. The molecule has 1 amide bonds. The summed E-state index contributed by atoms with van der Waals surface area (Å²) in [6, 6.07) is 1.61. The number of hydrogen-bond acceptors (Lipinski definition) is 6. The molecule has 7 heteroatoms. The zero-order valence-electron chi connectivity index (χ0n) is 13.9. The molecule has 1 aromatic rings. The Balaban J connectivity index is 2.00. The second-order valence-corrected chi connectivity index (χ2v) is 6.40. The monoisotopic (exact) mass is 323 g/mol. The van der Waals surface area contributed by atoms with Gasteiger partial charge in [0, 0.05) is 24.8 Å². The van der Waals surface area contributed by atoms with E-state index in [9.17, 15) is 4.79 Å². The summed E-state index contributed by atoms with van der Waals surface area (Å²) in [6.07, 6.45) is 2.95. The van der Waals surface area contributed by atoms with Gasteiger partial charge in [0.25, 0.3) is 0 Å². The highest BCUT2D eigenvalue weighted by molar-refractivity contribution is 5.68. The van der Waals surface area contributed by atoms with Gasteiger partial charge in [0.05, 0.1) is 25.5 Å². The highest BCUT2D eigenvalue weighted by Gasteiger charge is 2.31. The normalized spacial score (nSPS) is 18.6. The molecule has 0 radical (unpaired) electrons. The molecule has 2 N–H and O–H groups in total. The summed E-state index contributed by atoms with van der Waals surface area (Å²) in [7, 11) is 0. The van der Waals surface area contributed by atoms with Crippen molar-refractivity contribution in [3.8, 4) is 5.75 Å². The topological polar surface area (TPSA) is 86.9 Å². The van der Waals surface area contributed by atoms with E-state index in [2.05, 4.69) is 4.98 Å². The molecule has 1 saturated heterocycles. The van der Waals surface area contributed by atoms with Gasteiger partial charge in [0.1, 0.15) is 18.0 Å². The molecule has 1 unspecified atom stereocenters. The number of ether oxygens (including phenoxy) is 3. The first-order valence-corrected chi connectivity index (χ1v) is 7.74. The van der Waals surface area contributed by atoms with Crippen LogP contribution in [0.4, 0.5) is 4.79 Å². The summed E-state index contributed by atoms with van der Waals surface area (Å²) >= 11 is 0. The number of pyridine rings is 1. The standard InChI is InChI=1S/C16H25N3O4/c1-16(2,3)23-15(20)19-6-7-21-10-13(19)11-22-14-9-18-5-4-12(14)8-17/h4-5,9,13H,6-8,10-11,17H2,1-3H3. The van der Waals surface area contributed by atoms with Crippen LogP contribution in [0.1, 0.15) is 26.3 Å². The molecule has 0 aliphatic carbocycles. The third-order valence-electron chi connectivity index (χ3n) is 3.38. The van der Waals surface area contributed by atoms with Crippen molar-refractivity contribution in [2.75, 3.05) is 26.4 Å². The van der Waals surface area contributed by atoms with E-state index in [1.807, 2.05) is 26.8 Å². The van der Waals surface area contributed by atoms with Crippen LogP contribution in [-0.2, 0) is 16.0 Å². The van der Waals surface area contributed by atoms with Gasteiger partial charge in [-0.1, -0.05) is 0 Å². The van der Waals surface area contributed by atoms with E-state index in [0.29, 0.717) is 38.7 Å². The number of aromatic nitrogens is 1. The molecular weight excluding hydrogens is 298 g/mol. The van der Waals surface area contributed by atoms with Crippen LogP contribution in [0.25, 0.3) is 0 Å². The fourth-order valence-corrected chi connectivity index (χ4v) is 2.25. The molecule has 7 nitrogen and oxygen atoms in total. The summed E-state index contributed by atoms with van der Waals surface area (Å²) in [5.41, 5.74) is 6.03. The summed E-state index contributed by atoms with van der Waals surface area (Å²) in [5, 5.41) is 0. The molecule has 1 aliphatic heterocycles. The summed E-state index contributed by atoms with van der Waals surface area (Å²) < 4.78 is 16.7. The SMILES string of the molecule is CC(C)(C)OC(=O)N1CCOCC1COc1cnccc1CN. The van der Waals surface area contributed by atoms with E-state index < -0.39 is 5.60 Å². The second kappa shape index (κ2) is 7.61. The van der Waals surface area contributed by atoms with E-state index in [1.54, 1.807) is 17.3 Å². The van der Waals surface area contributed by atoms with E-state index in [4.69, 9.17) is 19.9 Å². The highest BCUT2D eigenvalue weighted by atomic mass is 16.6. The summed E-state index contributed by atoms with van der Waals surface area (Å²) in [6.45, 7) is 7.61. The Labute approximate surface area is 136 Å². The quantitative estimate of drug-likeness (QED) is 0.905. The molecule has 23 heavy (non-hydrogen) atoms. The van der Waals surface area contributed by atoms with Gasteiger partial charge in [-0.15, -0.1) is 0 Å². The van der Waals surface area contributed by atoms with Crippen LogP contribution in [0.3, 0.4) is 0 Å². The number of carbonyl (C=O) groups excluding carboxylic acids is 1. The van der Waals surface area contributed by atoms with E-state index in [0.717, 1.165) is 5.56 Å². The number of nitrogens with two attached hydrogens (primary N) is 1. The molecule has 0 bridgehead atoms. The first-order chi connectivity index (χ1) is 10.9. The van der Waals surface area contributed by atoms with Gasteiger partial charge in [0.2, 0.25) is 0 Å². The number of morpholine rings is 1. The fraction of sp³-hybridized carbons (Fsp3) is 0.625.